The highest BCUT2D eigenvalue weighted by atomic mass is 16.2. The number of benzene rings is 1. The van der Waals surface area contributed by atoms with Crippen LogP contribution in [-0.4, -0.2) is 32.2 Å². The molecule has 0 saturated heterocycles. The van der Waals surface area contributed by atoms with E-state index in [0.717, 1.165) is 24.8 Å². The fraction of sp³-hybridized carbons (Fsp3) is 0.364. The highest BCUT2D eigenvalue weighted by molar-refractivity contribution is 5.99. The molecule has 0 aliphatic rings. The summed E-state index contributed by atoms with van der Waals surface area (Å²) in [6.45, 7) is 6.38. The standard InChI is InChI=1S/C22H27N5O2/c1-14(2)8-7-9-15(3)25-22(29)18-12-17(16-10-5-4-6-11-16)26-21-19(20(23)28)24-13-27(18)21/h4-6,10-15H,7-9H2,1-3H3,(H2,23,28)(H,25,29). The molecule has 3 rings (SSSR count). The average molecular weight is 393 g/mol. The van der Waals surface area contributed by atoms with Crippen molar-refractivity contribution in [3.63, 3.8) is 0 Å². The third-order valence-corrected chi connectivity index (χ3v) is 4.83. The maximum Gasteiger partial charge on any atom is 0.271 e. The molecule has 1 aromatic carbocycles. The summed E-state index contributed by atoms with van der Waals surface area (Å²) in [5, 5.41) is 3.05. The second kappa shape index (κ2) is 8.86. The van der Waals surface area contributed by atoms with E-state index in [4.69, 9.17) is 5.73 Å². The van der Waals surface area contributed by atoms with Gasteiger partial charge in [0.05, 0.1) is 5.69 Å². The van der Waals surface area contributed by atoms with E-state index < -0.39 is 5.91 Å². The summed E-state index contributed by atoms with van der Waals surface area (Å²) in [6.07, 6.45) is 4.49. The smallest absolute Gasteiger partial charge is 0.271 e. The van der Waals surface area contributed by atoms with Gasteiger partial charge in [-0.25, -0.2) is 9.97 Å². The third kappa shape index (κ3) is 4.80. The summed E-state index contributed by atoms with van der Waals surface area (Å²) in [4.78, 5) is 33.4. The quantitative estimate of drug-likeness (QED) is 0.612. The molecule has 2 amide bonds. The first-order chi connectivity index (χ1) is 13.9. The van der Waals surface area contributed by atoms with Gasteiger partial charge in [-0.05, 0) is 25.3 Å². The number of hydrogen-bond donors (Lipinski definition) is 2. The molecular weight excluding hydrogens is 366 g/mol. The van der Waals surface area contributed by atoms with Gasteiger partial charge in [-0.15, -0.1) is 0 Å². The molecule has 29 heavy (non-hydrogen) atoms. The number of rotatable bonds is 8. The summed E-state index contributed by atoms with van der Waals surface area (Å²) < 4.78 is 1.52. The number of primary amides is 1. The highest BCUT2D eigenvalue weighted by Crippen LogP contribution is 2.21. The normalized spacial score (nSPS) is 12.3. The van der Waals surface area contributed by atoms with Crippen molar-refractivity contribution < 1.29 is 9.59 Å². The van der Waals surface area contributed by atoms with Crippen LogP contribution in [-0.2, 0) is 0 Å². The molecule has 0 bridgehead atoms. The van der Waals surface area contributed by atoms with Crippen LogP contribution in [0.5, 0.6) is 0 Å². The van der Waals surface area contributed by atoms with E-state index in [-0.39, 0.29) is 23.3 Å². The fourth-order valence-electron chi connectivity index (χ4n) is 3.28. The largest absolute Gasteiger partial charge is 0.364 e. The number of carbonyl (C=O) groups is 2. The summed E-state index contributed by atoms with van der Waals surface area (Å²) in [6, 6.07) is 11.2. The molecule has 0 spiro atoms. The van der Waals surface area contributed by atoms with E-state index in [1.165, 1.54) is 10.7 Å². The number of hydrogen-bond acceptors (Lipinski definition) is 4. The fourth-order valence-corrected chi connectivity index (χ4v) is 3.28. The molecule has 2 heterocycles. The van der Waals surface area contributed by atoms with E-state index in [0.29, 0.717) is 17.3 Å². The first-order valence-corrected chi connectivity index (χ1v) is 9.91. The topological polar surface area (TPSA) is 102 Å². The SMILES string of the molecule is CC(C)CCCC(C)NC(=O)c1cc(-c2ccccc2)nc2c(C(N)=O)ncn12. The molecule has 7 heteroatoms. The lowest BCUT2D eigenvalue weighted by Crippen LogP contribution is -2.33. The number of nitrogens with two attached hydrogens (primary N) is 1. The van der Waals surface area contributed by atoms with Gasteiger partial charge in [-0.2, -0.15) is 0 Å². The Bertz CT molecular complexity index is 1010. The van der Waals surface area contributed by atoms with Gasteiger partial charge in [0.1, 0.15) is 12.0 Å². The Hall–Kier alpha value is -3.22. The van der Waals surface area contributed by atoms with Crippen LogP contribution >= 0.6 is 0 Å². The van der Waals surface area contributed by atoms with Crippen LogP contribution in [0.3, 0.4) is 0 Å². The zero-order chi connectivity index (χ0) is 21.0. The lowest BCUT2D eigenvalue weighted by molar-refractivity contribution is 0.0929. The molecule has 0 saturated carbocycles. The zero-order valence-corrected chi connectivity index (χ0v) is 17.1. The van der Waals surface area contributed by atoms with Crippen molar-refractivity contribution in [1.82, 2.24) is 19.7 Å². The molecule has 1 atom stereocenters. The van der Waals surface area contributed by atoms with E-state index in [2.05, 4.69) is 29.1 Å². The molecule has 7 nitrogen and oxygen atoms in total. The Kier molecular flexibility index (Phi) is 6.26. The molecule has 2 aromatic heterocycles. The van der Waals surface area contributed by atoms with Gasteiger partial charge in [0.25, 0.3) is 11.8 Å². The lowest BCUT2D eigenvalue weighted by Gasteiger charge is -2.16. The number of nitrogens with zero attached hydrogens (tertiary/aromatic N) is 3. The van der Waals surface area contributed by atoms with Gasteiger partial charge >= 0.3 is 0 Å². The Morgan fingerprint density at radius 1 is 1.14 bits per heavy atom. The van der Waals surface area contributed by atoms with Crippen molar-refractivity contribution in [2.75, 3.05) is 0 Å². The molecule has 3 N–H and O–H groups in total. The van der Waals surface area contributed by atoms with E-state index >= 15 is 0 Å². The minimum atomic E-state index is -0.682. The maximum absolute atomic E-state index is 13.0. The summed E-state index contributed by atoms with van der Waals surface area (Å²) in [5.41, 5.74) is 7.55. The Balaban J connectivity index is 1.95. The summed E-state index contributed by atoms with van der Waals surface area (Å²) >= 11 is 0. The Morgan fingerprint density at radius 3 is 2.52 bits per heavy atom. The van der Waals surface area contributed by atoms with Crippen molar-refractivity contribution in [3.8, 4) is 11.3 Å². The van der Waals surface area contributed by atoms with Crippen molar-refractivity contribution in [3.05, 3.63) is 54.1 Å². The molecule has 0 aliphatic carbocycles. The van der Waals surface area contributed by atoms with Crippen molar-refractivity contribution in [2.45, 2.75) is 46.1 Å². The number of amides is 2. The van der Waals surface area contributed by atoms with Gasteiger partial charge < -0.3 is 11.1 Å². The predicted molar refractivity (Wildman–Crippen MR) is 113 cm³/mol. The number of nitrogens with one attached hydrogen (secondary N) is 1. The first-order valence-electron chi connectivity index (χ1n) is 9.91. The Morgan fingerprint density at radius 2 is 1.86 bits per heavy atom. The second-order valence-corrected chi connectivity index (χ2v) is 7.74. The minimum absolute atomic E-state index is 0.0313. The minimum Gasteiger partial charge on any atom is -0.364 e. The van der Waals surface area contributed by atoms with Crippen LogP contribution in [0, 0.1) is 5.92 Å². The Labute approximate surface area is 170 Å². The molecule has 3 aromatic rings. The van der Waals surface area contributed by atoms with Gasteiger partial charge in [-0.3, -0.25) is 14.0 Å². The first kappa shape index (κ1) is 20.5. The maximum atomic E-state index is 13.0. The number of aromatic nitrogens is 3. The highest BCUT2D eigenvalue weighted by Gasteiger charge is 2.20. The molecule has 1 unspecified atom stereocenters. The van der Waals surface area contributed by atoms with Crippen molar-refractivity contribution in [2.24, 2.45) is 11.7 Å². The molecule has 0 fully saturated rings. The predicted octanol–water partition coefficient (Wildman–Crippen LogP) is 3.44. The van der Waals surface area contributed by atoms with Gasteiger partial charge in [0.2, 0.25) is 0 Å². The van der Waals surface area contributed by atoms with Gasteiger partial charge in [0.15, 0.2) is 11.3 Å². The van der Waals surface area contributed by atoms with E-state index in [9.17, 15) is 9.59 Å². The van der Waals surface area contributed by atoms with Crippen molar-refractivity contribution >= 4 is 17.5 Å². The molecule has 0 radical (unpaired) electrons. The van der Waals surface area contributed by atoms with Crippen LogP contribution < -0.4 is 11.1 Å². The monoisotopic (exact) mass is 393 g/mol. The van der Waals surface area contributed by atoms with Crippen molar-refractivity contribution in [1.29, 1.82) is 0 Å². The third-order valence-electron chi connectivity index (χ3n) is 4.83. The number of imidazole rings is 1. The van der Waals surface area contributed by atoms with Crippen LogP contribution in [0.15, 0.2) is 42.7 Å². The lowest BCUT2D eigenvalue weighted by atomic mass is 10.0. The average Bonchev–Trinajstić information content (AvgIpc) is 3.11. The zero-order valence-electron chi connectivity index (χ0n) is 17.1. The van der Waals surface area contributed by atoms with Crippen LogP contribution in [0.25, 0.3) is 16.9 Å². The van der Waals surface area contributed by atoms with E-state index in [1.807, 2.05) is 37.3 Å². The second-order valence-electron chi connectivity index (χ2n) is 7.74. The number of carbonyl (C=O) groups excluding carboxylic acids is 2. The molecule has 152 valence electrons. The molecule has 0 aliphatic heterocycles. The van der Waals surface area contributed by atoms with Crippen LogP contribution in [0.2, 0.25) is 0 Å². The summed E-state index contributed by atoms with van der Waals surface area (Å²) in [5.74, 6) is -0.275. The van der Waals surface area contributed by atoms with Gasteiger partial charge in [0, 0.05) is 11.6 Å². The van der Waals surface area contributed by atoms with Crippen LogP contribution in [0.4, 0.5) is 0 Å². The van der Waals surface area contributed by atoms with E-state index in [1.54, 1.807) is 6.07 Å². The number of fused-ring (bicyclic) bond motifs is 1. The van der Waals surface area contributed by atoms with Gasteiger partial charge in [-0.1, -0.05) is 57.0 Å². The molecular formula is C22H27N5O2. The summed E-state index contributed by atoms with van der Waals surface area (Å²) in [7, 11) is 0. The van der Waals surface area contributed by atoms with Crippen LogP contribution in [0.1, 0.15) is 61.0 Å².